The molecule has 0 fully saturated rings. The van der Waals surface area contributed by atoms with Crippen LogP contribution in [-0.4, -0.2) is 46.0 Å². The average Bonchev–Trinajstić information content (AvgIpc) is 2.61. The van der Waals surface area contributed by atoms with Gasteiger partial charge in [0.1, 0.15) is 17.7 Å². The van der Waals surface area contributed by atoms with Gasteiger partial charge >= 0.3 is 6.09 Å². The topological polar surface area (TPSA) is 87.7 Å². The van der Waals surface area contributed by atoms with Crippen LogP contribution in [0.4, 0.5) is 4.79 Å². The lowest BCUT2D eigenvalue weighted by atomic mass is 9.91. The number of benzene rings is 1. The molecule has 0 bridgehead atoms. The minimum absolute atomic E-state index is 0.0927. The maximum Gasteiger partial charge on any atom is 0.408 e. The van der Waals surface area contributed by atoms with Crippen molar-refractivity contribution in [3.63, 3.8) is 0 Å². The molecule has 3 amide bonds. The Labute approximate surface area is 199 Å². The van der Waals surface area contributed by atoms with Gasteiger partial charge < -0.3 is 20.3 Å². The minimum Gasteiger partial charge on any atom is -0.444 e. The summed E-state index contributed by atoms with van der Waals surface area (Å²) in [5.41, 5.74) is 1.42. The van der Waals surface area contributed by atoms with E-state index < -0.39 is 29.3 Å². The number of amides is 3. The van der Waals surface area contributed by atoms with Crippen molar-refractivity contribution in [2.75, 3.05) is 0 Å². The summed E-state index contributed by atoms with van der Waals surface area (Å²) in [4.78, 5) is 41.3. The molecule has 186 valence electrons. The summed E-state index contributed by atoms with van der Waals surface area (Å²) in [6.45, 7) is 20.5. The SMILES string of the molecule is CCC(C)(C)N(C(=O)C(C)NC(=O)OC(C)(C)C)C(C(=O)NC(C)C)c1cc(C)cc(C)c1. The highest BCUT2D eigenvalue weighted by Gasteiger charge is 2.42. The Balaban J connectivity index is 3.53. The van der Waals surface area contributed by atoms with Crippen molar-refractivity contribution in [3.05, 3.63) is 34.9 Å². The van der Waals surface area contributed by atoms with Crippen LogP contribution in [0, 0.1) is 13.8 Å². The number of hydrogen-bond donors (Lipinski definition) is 2. The van der Waals surface area contributed by atoms with Crippen LogP contribution in [0.3, 0.4) is 0 Å². The summed E-state index contributed by atoms with van der Waals surface area (Å²) in [5.74, 6) is -0.606. The number of hydrogen-bond acceptors (Lipinski definition) is 4. The zero-order valence-electron chi connectivity index (χ0n) is 22.3. The molecular formula is C26H43N3O4. The van der Waals surface area contributed by atoms with Gasteiger partial charge in [-0.05, 0) is 81.2 Å². The highest BCUT2D eigenvalue weighted by Crippen LogP contribution is 2.33. The van der Waals surface area contributed by atoms with Crippen molar-refractivity contribution in [1.29, 1.82) is 0 Å². The predicted octanol–water partition coefficient (Wildman–Crippen LogP) is 4.80. The third-order valence-electron chi connectivity index (χ3n) is 5.36. The summed E-state index contributed by atoms with van der Waals surface area (Å²) in [5, 5.41) is 5.62. The van der Waals surface area contributed by atoms with E-state index in [1.165, 1.54) is 0 Å². The molecule has 1 aromatic carbocycles. The first-order valence-corrected chi connectivity index (χ1v) is 11.7. The molecule has 0 radical (unpaired) electrons. The van der Waals surface area contributed by atoms with Gasteiger partial charge in [-0.25, -0.2) is 4.79 Å². The first-order valence-electron chi connectivity index (χ1n) is 11.7. The van der Waals surface area contributed by atoms with Gasteiger partial charge in [0.2, 0.25) is 11.8 Å². The molecule has 2 N–H and O–H groups in total. The quantitative estimate of drug-likeness (QED) is 0.582. The van der Waals surface area contributed by atoms with Gasteiger partial charge in [0, 0.05) is 11.6 Å². The molecule has 1 aromatic rings. The maximum absolute atomic E-state index is 13.8. The zero-order valence-corrected chi connectivity index (χ0v) is 22.3. The number of carbonyl (C=O) groups is 3. The lowest BCUT2D eigenvalue weighted by Gasteiger charge is -2.44. The van der Waals surface area contributed by atoms with Crippen molar-refractivity contribution in [2.45, 2.75) is 112 Å². The molecule has 7 heteroatoms. The second-order valence-corrected chi connectivity index (χ2v) is 10.7. The molecule has 0 aromatic heterocycles. The molecule has 0 aliphatic heterocycles. The fraction of sp³-hybridized carbons (Fsp3) is 0.654. The maximum atomic E-state index is 13.8. The third kappa shape index (κ3) is 8.37. The van der Waals surface area contributed by atoms with Gasteiger partial charge in [0.25, 0.3) is 0 Å². The van der Waals surface area contributed by atoms with E-state index in [-0.39, 0.29) is 17.9 Å². The first-order chi connectivity index (χ1) is 15.0. The van der Waals surface area contributed by atoms with Gasteiger partial charge in [-0.2, -0.15) is 0 Å². The van der Waals surface area contributed by atoms with E-state index in [1.807, 2.05) is 66.7 Å². The number of rotatable bonds is 8. The number of alkyl carbamates (subject to hydrolysis) is 1. The molecule has 33 heavy (non-hydrogen) atoms. The van der Waals surface area contributed by atoms with Crippen LogP contribution in [-0.2, 0) is 14.3 Å². The van der Waals surface area contributed by atoms with Gasteiger partial charge in [0.05, 0.1) is 0 Å². The van der Waals surface area contributed by atoms with Crippen molar-refractivity contribution in [3.8, 4) is 0 Å². The Bertz CT molecular complexity index is 835. The van der Waals surface area contributed by atoms with Crippen molar-refractivity contribution in [1.82, 2.24) is 15.5 Å². The Morgan fingerprint density at radius 3 is 1.88 bits per heavy atom. The first kappa shape index (κ1) is 28.5. The Hall–Kier alpha value is -2.57. The second kappa shape index (κ2) is 11.0. The standard InChI is InChI=1S/C26H43N3O4/c1-12-26(10,11)29(23(31)19(6)28-24(32)33-25(7,8)9)21(22(30)27-16(2)3)20-14-17(4)13-18(5)15-20/h13-16,19,21H,12H2,1-11H3,(H,27,30)(H,28,32). The lowest BCUT2D eigenvalue weighted by molar-refractivity contribution is -0.149. The number of nitrogens with zero attached hydrogens (tertiary/aromatic N) is 1. The summed E-state index contributed by atoms with van der Waals surface area (Å²) in [7, 11) is 0. The van der Waals surface area contributed by atoms with Gasteiger partial charge in [-0.15, -0.1) is 0 Å². The summed E-state index contributed by atoms with van der Waals surface area (Å²) in [6.07, 6.45) is -0.0547. The smallest absolute Gasteiger partial charge is 0.408 e. The molecule has 0 heterocycles. The molecule has 0 saturated carbocycles. The summed E-state index contributed by atoms with van der Waals surface area (Å²) in [6, 6.07) is 4.09. The lowest BCUT2D eigenvalue weighted by Crippen LogP contribution is -2.59. The molecule has 0 spiro atoms. The van der Waals surface area contributed by atoms with Gasteiger partial charge in [0.15, 0.2) is 0 Å². The van der Waals surface area contributed by atoms with Crippen LogP contribution >= 0.6 is 0 Å². The van der Waals surface area contributed by atoms with Crippen molar-refractivity contribution in [2.24, 2.45) is 0 Å². The number of ether oxygens (including phenoxy) is 1. The summed E-state index contributed by atoms with van der Waals surface area (Å²) >= 11 is 0. The van der Waals surface area contributed by atoms with Crippen LogP contribution in [0.2, 0.25) is 0 Å². The van der Waals surface area contributed by atoms with E-state index in [4.69, 9.17) is 4.74 Å². The van der Waals surface area contributed by atoms with E-state index >= 15 is 0 Å². The Morgan fingerprint density at radius 1 is 0.939 bits per heavy atom. The highest BCUT2D eigenvalue weighted by molar-refractivity contribution is 5.92. The Kier molecular flexibility index (Phi) is 9.52. The fourth-order valence-corrected chi connectivity index (χ4v) is 3.65. The summed E-state index contributed by atoms with van der Waals surface area (Å²) < 4.78 is 5.33. The largest absolute Gasteiger partial charge is 0.444 e. The van der Waals surface area contributed by atoms with Crippen LogP contribution in [0.5, 0.6) is 0 Å². The van der Waals surface area contributed by atoms with E-state index in [0.29, 0.717) is 6.42 Å². The third-order valence-corrected chi connectivity index (χ3v) is 5.36. The zero-order chi connectivity index (χ0) is 25.7. The van der Waals surface area contributed by atoms with Gasteiger partial charge in [-0.1, -0.05) is 36.2 Å². The molecule has 7 nitrogen and oxygen atoms in total. The number of carbonyl (C=O) groups excluding carboxylic acids is 3. The van der Waals surface area contributed by atoms with E-state index in [9.17, 15) is 14.4 Å². The molecule has 2 unspecified atom stereocenters. The Morgan fingerprint density at radius 2 is 1.45 bits per heavy atom. The van der Waals surface area contributed by atoms with E-state index in [1.54, 1.807) is 32.6 Å². The van der Waals surface area contributed by atoms with Crippen molar-refractivity contribution >= 4 is 17.9 Å². The van der Waals surface area contributed by atoms with Crippen LogP contribution < -0.4 is 10.6 Å². The molecule has 1 rings (SSSR count). The van der Waals surface area contributed by atoms with Crippen molar-refractivity contribution < 1.29 is 19.1 Å². The average molecular weight is 462 g/mol. The van der Waals surface area contributed by atoms with Gasteiger partial charge in [-0.3, -0.25) is 9.59 Å². The van der Waals surface area contributed by atoms with Crippen LogP contribution in [0.25, 0.3) is 0 Å². The van der Waals surface area contributed by atoms with Crippen LogP contribution in [0.15, 0.2) is 18.2 Å². The minimum atomic E-state index is -0.883. The van der Waals surface area contributed by atoms with E-state index in [0.717, 1.165) is 16.7 Å². The number of nitrogens with one attached hydrogen (secondary N) is 2. The molecule has 0 aliphatic rings. The highest BCUT2D eigenvalue weighted by atomic mass is 16.6. The molecule has 2 atom stereocenters. The van der Waals surface area contributed by atoms with Crippen LogP contribution in [0.1, 0.15) is 91.5 Å². The monoisotopic (exact) mass is 461 g/mol. The molecule has 0 saturated heterocycles. The number of aryl methyl sites for hydroxylation is 2. The van der Waals surface area contributed by atoms with E-state index in [2.05, 4.69) is 10.6 Å². The fourth-order valence-electron chi connectivity index (χ4n) is 3.65. The predicted molar refractivity (Wildman–Crippen MR) is 132 cm³/mol. The second-order valence-electron chi connectivity index (χ2n) is 10.7. The molecular weight excluding hydrogens is 418 g/mol. The molecule has 0 aliphatic carbocycles. The normalized spacial score (nSPS) is 13.8.